The van der Waals surface area contributed by atoms with Gasteiger partial charge in [0, 0.05) is 0 Å². The van der Waals surface area contributed by atoms with E-state index in [4.69, 9.17) is 4.42 Å². The Morgan fingerprint density at radius 2 is 1.12 bits per heavy atom. The number of hydrogen-bond acceptors (Lipinski definition) is 2. The fourth-order valence-electron chi connectivity index (χ4n) is 4.44. The van der Waals surface area contributed by atoms with Crippen molar-refractivity contribution in [3.63, 3.8) is 0 Å². The molecule has 0 aliphatic rings. The second-order valence-corrected chi connectivity index (χ2v) is 14.0. The summed E-state index contributed by atoms with van der Waals surface area (Å²) < 4.78 is 8.48. The van der Waals surface area contributed by atoms with Gasteiger partial charge in [-0.05, 0) is 0 Å². The Morgan fingerprint density at radius 1 is 0.656 bits per heavy atom. The van der Waals surface area contributed by atoms with Gasteiger partial charge in [-0.25, -0.2) is 0 Å². The van der Waals surface area contributed by atoms with Crippen LogP contribution >= 0.6 is 0 Å². The van der Waals surface area contributed by atoms with Gasteiger partial charge in [0.1, 0.15) is 0 Å². The fraction of sp³-hybridized carbons (Fsp3) is 0.448. The van der Waals surface area contributed by atoms with Gasteiger partial charge in [-0.2, -0.15) is 0 Å². The maximum absolute atomic E-state index is 6.65. The molecule has 3 heteroatoms. The monoisotopic (exact) mass is 537 g/mol. The Hall–Kier alpha value is -1.68. The fourth-order valence-corrected chi connectivity index (χ4v) is 9.44. The van der Waals surface area contributed by atoms with Gasteiger partial charge in [0.05, 0.1) is 0 Å². The van der Waals surface area contributed by atoms with E-state index in [1.165, 1.54) is 61.6 Å². The first-order valence-corrected chi connectivity index (χ1v) is 15.3. The van der Waals surface area contributed by atoms with Crippen LogP contribution in [-0.2, 0) is 0 Å². The van der Waals surface area contributed by atoms with Gasteiger partial charge in [-0.1, -0.05) is 0 Å². The van der Waals surface area contributed by atoms with Gasteiger partial charge in [0.25, 0.3) is 0 Å². The molecule has 2 radical (unpaired) electrons. The number of unbranched alkanes of at least 4 members (excludes halogenated alkanes) is 3. The molecule has 2 nitrogen and oxygen atoms in total. The van der Waals surface area contributed by atoms with E-state index in [9.17, 15) is 0 Å². The van der Waals surface area contributed by atoms with E-state index >= 15 is 0 Å². The molecule has 0 amide bonds. The van der Waals surface area contributed by atoms with Crippen molar-refractivity contribution in [2.45, 2.75) is 82.0 Å². The molecular weight excluding hydrogens is 497 g/mol. The minimum absolute atomic E-state index is 0.533. The molecule has 32 heavy (non-hydrogen) atoms. The third-order valence-corrected chi connectivity index (χ3v) is 11.4. The summed E-state index contributed by atoms with van der Waals surface area (Å²) in [6, 6.07) is 25.6. The van der Waals surface area contributed by atoms with Gasteiger partial charge in [0.2, 0.25) is 0 Å². The zero-order valence-electron chi connectivity index (χ0n) is 20.1. The molecule has 0 fully saturated rings. The zero-order valence-corrected chi connectivity index (χ0v) is 23.0. The van der Waals surface area contributed by atoms with Gasteiger partial charge >= 0.3 is 206 Å². The molecule has 2 aromatic carbocycles. The molecule has 170 valence electrons. The summed E-state index contributed by atoms with van der Waals surface area (Å²) in [5, 5.41) is 0. The van der Waals surface area contributed by atoms with E-state index in [1.807, 2.05) is 0 Å². The topological polar surface area (TPSA) is 16.4 Å². The van der Waals surface area contributed by atoms with Crippen LogP contribution in [0.3, 0.4) is 0 Å². The molecule has 3 aromatic rings. The first-order valence-electron chi connectivity index (χ1n) is 12.5. The molecule has 3 rings (SSSR count). The number of furan rings is 1. The zero-order chi connectivity index (χ0) is 22.7. The van der Waals surface area contributed by atoms with E-state index in [-0.39, 0.29) is 0 Å². The summed E-state index contributed by atoms with van der Waals surface area (Å²) in [4.78, 5) is 2.24. The molecule has 0 saturated carbocycles. The molecule has 0 spiro atoms. The van der Waals surface area contributed by atoms with Crippen molar-refractivity contribution in [3.8, 4) is 0 Å². The average molecular weight is 536 g/mol. The minimum atomic E-state index is -0.882. The second kappa shape index (κ2) is 13.1. The van der Waals surface area contributed by atoms with Crippen LogP contribution in [0.15, 0.2) is 77.2 Å². The number of rotatable bonds is 14. The van der Waals surface area contributed by atoms with E-state index in [1.54, 1.807) is 0 Å². The van der Waals surface area contributed by atoms with Crippen molar-refractivity contribution in [2.24, 2.45) is 0 Å². The van der Waals surface area contributed by atoms with Crippen LogP contribution in [0.4, 0.5) is 17.3 Å². The quantitative estimate of drug-likeness (QED) is 0.192. The van der Waals surface area contributed by atoms with Crippen LogP contribution in [0.2, 0.25) is 3.43 Å². The predicted molar refractivity (Wildman–Crippen MR) is 140 cm³/mol. The van der Waals surface area contributed by atoms with Gasteiger partial charge < -0.3 is 0 Å². The van der Waals surface area contributed by atoms with Crippen LogP contribution in [-0.4, -0.2) is 21.1 Å². The third-order valence-electron chi connectivity index (χ3n) is 6.26. The van der Waals surface area contributed by atoms with Gasteiger partial charge in [0.15, 0.2) is 0 Å². The van der Waals surface area contributed by atoms with E-state index < -0.39 is 21.1 Å². The van der Waals surface area contributed by atoms with Gasteiger partial charge in [-0.15, -0.1) is 0 Å². The Balaban J connectivity index is 1.90. The van der Waals surface area contributed by atoms with Crippen LogP contribution in [0, 0.1) is 0 Å². The normalized spacial score (nSPS) is 11.6. The van der Waals surface area contributed by atoms with Crippen LogP contribution in [0.1, 0.15) is 78.6 Å². The summed E-state index contributed by atoms with van der Waals surface area (Å²) >= 11 is -0.882. The molecule has 0 atom stereocenters. The molecule has 0 unspecified atom stereocenters. The molecule has 0 aliphatic carbocycles. The Labute approximate surface area is 205 Å². The number of nitrogens with zero attached hydrogens (tertiary/aromatic N) is 1. The summed E-state index contributed by atoms with van der Waals surface area (Å²) in [5.41, 5.74) is 2.28. The van der Waals surface area contributed by atoms with Crippen LogP contribution < -0.4 is 8.68 Å². The number of para-hydroxylation sites is 2. The first kappa shape index (κ1) is 25.0. The molecule has 0 N–H and O–H groups in total. The predicted octanol–water partition coefficient (Wildman–Crippen LogP) is 8.81. The van der Waals surface area contributed by atoms with Crippen molar-refractivity contribution < 1.29 is 4.42 Å². The van der Waals surface area contributed by atoms with Crippen LogP contribution in [0.5, 0.6) is 0 Å². The Bertz CT molecular complexity index is 829. The van der Waals surface area contributed by atoms with E-state index in [0.717, 1.165) is 17.3 Å². The average Bonchev–Trinajstić information content (AvgIpc) is 3.29. The number of hydrogen-bond donors (Lipinski definition) is 0. The first-order chi connectivity index (χ1) is 15.7. The molecular formula is C29H39NOSn. The van der Waals surface area contributed by atoms with Crippen molar-refractivity contribution >= 4 is 42.2 Å². The summed E-state index contributed by atoms with van der Waals surface area (Å²) in [6.07, 6.45) is 12.1. The Morgan fingerprint density at radius 3 is 1.56 bits per heavy atom. The Kier molecular flexibility index (Phi) is 10.2. The molecule has 1 heterocycles. The second-order valence-electron chi connectivity index (χ2n) is 8.86. The van der Waals surface area contributed by atoms with E-state index in [2.05, 4.69) is 98.5 Å². The number of anilines is 3. The SMILES string of the molecule is CCCC[C](CCCC)(CCCC)[Sn][c]1ccc(N(c2ccccc2)c2ccccc2)o1. The van der Waals surface area contributed by atoms with Crippen molar-refractivity contribution in [1.82, 2.24) is 0 Å². The summed E-state index contributed by atoms with van der Waals surface area (Å²) in [6.45, 7) is 6.99. The standard InChI is InChI=1S/C16H12NO.C13H27.Sn/c1-3-8-14(9-4-1)17(16-12-7-13-18-16)15-10-5-2-6-11-15;1-4-7-10-13(11-8-5-2)12-9-6-3;/h1-12H;4-12H2,1-3H3;. The molecule has 0 saturated heterocycles. The molecule has 1 aromatic heterocycles. The number of benzene rings is 2. The van der Waals surface area contributed by atoms with Crippen molar-refractivity contribution in [3.05, 3.63) is 72.8 Å². The summed E-state index contributed by atoms with van der Waals surface area (Å²) in [5.74, 6) is 0.939. The summed E-state index contributed by atoms with van der Waals surface area (Å²) in [7, 11) is 0. The maximum atomic E-state index is 6.65. The van der Waals surface area contributed by atoms with Crippen LogP contribution in [0.25, 0.3) is 0 Å². The van der Waals surface area contributed by atoms with Gasteiger partial charge in [-0.3, -0.25) is 0 Å². The van der Waals surface area contributed by atoms with E-state index in [0.29, 0.717) is 3.43 Å². The van der Waals surface area contributed by atoms with Crippen molar-refractivity contribution in [2.75, 3.05) is 4.90 Å². The molecule has 0 bridgehead atoms. The molecule has 0 aliphatic heterocycles. The third kappa shape index (κ3) is 6.91. The van der Waals surface area contributed by atoms with Crippen molar-refractivity contribution in [1.29, 1.82) is 0 Å².